The molecule has 0 atom stereocenters. The van der Waals surface area contributed by atoms with E-state index in [-0.39, 0.29) is 0 Å². The number of hydrogen-bond donors (Lipinski definition) is 0. The first kappa shape index (κ1) is 11.5. The second-order valence-electron chi connectivity index (χ2n) is 3.85. The Labute approximate surface area is 110 Å². The van der Waals surface area contributed by atoms with E-state index in [9.17, 15) is 0 Å². The van der Waals surface area contributed by atoms with Crippen LogP contribution < -0.4 is 4.74 Å². The molecule has 0 heterocycles. The highest BCUT2D eigenvalue weighted by Gasteiger charge is 2.02. The molecule has 0 unspecified atom stereocenters. The molecule has 0 aliphatic rings. The van der Waals surface area contributed by atoms with Crippen LogP contribution in [0.15, 0.2) is 42.5 Å². The van der Waals surface area contributed by atoms with Gasteiger partial charge in [-0.3, -0.25) is 0 Å². The summed E-state index contributed by atoms with van der Waals surface area (Å²) in [5.74, 6) is 1.81. The Bertz CT molecular complexity index is 506. The second-order valence-corrected chi connectivity index (χ2v) is 5.01. The molecule has 0 aromatic heterocycles. The number of hydrogen-bond acceptors (Lipinski definition) is 1. The van der Waals surface area contributed by atoms with Gasteiger partial charge in [0.2, 0.25) is 0 Å². The summed E-state index contributed by atoms with van der Waals surface area (Å²) >= 11 is 2.29. The Balaban J connectivity index is 2.30. The number of halogens is 1. The molecule has 0 fully saturated rings. The summed E-state index contributed by atoms with van der Waals surface area (Å²) in [7, 11) is 0. The van der Waals surface area contributed by atoms with Gasteiger partial charge < -0.3 is 4.74 Å². The van der Waals surface area contributed by atoms with E-state index in [0.717, 1.165) is 15.1 Å². The first-order chi connectivity index (χ1) is 7.65. The highest BCUT2D eigenvalue weighted by molar-refractivity contribution is 14.1. The molecule has 0 spiro atoms. The van der Waals surface area contributed by atoms with E-state index in [1.807, 2.05) is 18.2 Å². The predicted octanol–water partition coefficient (Wildman–Crippen LogP) is 4.70. The number of aryl methyl sites for hydroxylation is 2. The van der Waals surface area contributed by atoms with Crippen molar-refractivity contribution in [2.45, 2.75) is 13.8 Å². The summed E-state index contributed by atoms with van der Waals surface area (Å²) in [6.45, 7) is 4.13. The van der Waals surface area contributed by atoms with Gasteiger partial charge in [0.15, 0.2) is 0 Å². The van der Waals surface area contributed by atoms with Crippen molar-refractivity contribution in [3.63, 3.8) is 0 Å². The lowest BCUT2D eigenvalue weighted by molar-refractivity contribution is 0.478. The maximum Gasteiger partial charge on any atom is 0.141 e. The topological polar surface area (TPSA) is 9.23 Å². The van der Waals surface area contributed by atoms with Crippen molar-refractivity contribution in [2.75, 3.05) is 0 Å². The van der Waals surface area contributed by atoms with Crippen LogP contribution in [0, 0.1) is 17.4 Å². The van der Waals surface area contributed by atoms with Crippen molar-refractivity contribution in [2.24, 2.45) is 0 Å². The second kappa shape index (κ2) is 4.87. The van der Waals surface area contributed by atoms with E-state index in [1.54, 1.807) is 0 Å². The molecule has 1 nitrogen and oxygen atoms in total. The first-order valence-corrected chi connectivity index (χ1v) is 6.24. The molecule has 0 aliphatic carbocycles. The molecule has 0 saturated carbocycles. The number of benzene rings is 2. The molecular formula is C14H13IO. The van der Waals surface area contributed by atoms with Gasteiger partial charge in [0.05, 0.1) is 3.57 Å². The first-order valence-electron chi connectivity index (χ1n) is 5.16. The minimum atomic E-state index is 0.892. The zero-order chi connectivity index (χ0) is 11.5. The third kappa shape index (κ3) is 2.76. The molecular weight excluding hydrogens is 311 g/mol. The lowest BCUT2D eigenvalue weighted by atomic mass is 10.2. The Morgan fingerprint density at radius 3 is 2.44 bits per heavy atom. The maximum absolute atomic E-state index is 5.86. The van der Waals surface area contributed by atoms with Crippen LogP contribution in [-0.4, -0.2) is 0 Å². The fourth-order valence-electron chi connectivity index (χ4n) is 1.49. The van der Waals surface area contributed by atoms with Crippen LogP contribution in [0.5, 0.6) is 11.5 Å². The van der Waals surface area contributed by atoms with E-state index >= 15 is 0 Å². The lowest BCUT2D eigenvalue weighted by Gasteiger charge is -2.09. The summed E-state index contributed by atoms with van der Waals surface area (Å²) in [6.07, 6.45) is 0. The average molecular weight is 324 g/mol. The zero-order valence-electron chi connectivity index (χ0n) is 9.33. The third-order valence-electron chi connectivity index (χ3n) is 2.30. The minimum absolute atomic E-state index is 0.892. The van der Waals surface area contributed by atoms with Gasteiger partial charge in [0, 0.05) is 0 Å². The highest BCUT2D eigenvalue weighted by Crippen LogP contribution is 2.27. The van der Waals surface area contributed by atoms with Crippen LogP contribution in [0.4, 0.5) is 0 Å². The quantitative estimate of drug-likeness (QED) is 0.728. The summed E-state index contributed by atoms with van der Waals surface area (Å²) in [6, 6.07) is 14.3. The van der Waals surface area contributed by atoms with Crippen molar-refractivity contribution in [1.82, 2.24) is 0 Å². The summed E-state index contributed by atoms with van der Waals surface area (Å²) in [5, 5.41) is 0. The van der Waals surface area contributed by atoms with Gasteiger partial charge in [-0.15, -0.1) is 0 Å². The largest absolute Gasteiger partial charge is 0.456 e. The molecule has 82 valence electrons. The van der Waals surface area contributed by atoms with Crippen molar-refractivity contribution in [3.8, 4) is 11.5 Å². The van der Waals surface area contributed by atoms with Gasteiger partial charge in [-0.25, -0.2) is 0 Å². The van der Waals surface area contributed by atoms with Gasteiger partial charge in [-0.1, -0.05) is 18.2 Å². The zero-order valence-corrected chi connectivity index (χ0v) is 11.5. The van der Waals surface area contributed by atoms with Gasteiger partial charge >= 0.3 is 0 Å². The van der Waals surface area contributed by atoms with E-state index in [2.05, 4.69) is 60.7 Å². The summed E-state index contributed by atoms with van der Waals surface area (Å²) < 4.78 is 6.99. The molecule has 2 heteroatoms. The molecule has 2 aromatic rings. The van der Waals surface area contributed by atoms with Crippen molar-refractivity contribution < 1.29 is 4.74 Å². The van der Waals surface area contributed by atoms with Crippen molar-refractivity contribution in [1.29, 1.82) is 0 Å². The van der Waals surface area contributed by atoms with Crippen molar-refractivity contribution in [3.05, 3.63) is 57.2 Å². The van der Waals surface area contributed by atoms with E-state index in [4.69, 9.17) is 4.74 Å². The van der Waals surface area contributed by atoms with Crippen LogP contribution in [0.2, 0.25) is 0 Å². The van der Waals surface area contributed by atoms with Gasteiger partial charge in [-0.05, 0) is 71.8 Å². The van der Waals surface area contributed by atoms with Crippen molar-refractivity contribution >= 4 is 22.6 Å². The highest BCUT2D eigenvalue weighted by atomic mass is 127. The Morgan fingerprint density at radius 1 is 0.938 bits per heavy atom. The average Bonchev–Trinajstić information content (AvgIpc) is 2.24. The van der Waals surface area contributed by atoms with Gasteiger partial charge in [0.25, 0.3) is 0 Å². The maximum atomic E-state index is 5.86. The van der Waals surface area contributed by atoms with Crippen LogP contribution in [0.25, 0.3) is 0 Å². The van der Waals surface area contributed by atoms with Crippen LogP contribution in [-0.2, 0) is 0 Å². The smallest absolute Gasteiger partial charge is 0.141 e. The molecule has 2 aromatic carbocycles. The Kier molecular flexibility index (Phi) is 3.49. The van der Waals surface area contributed by atoms with E-state index < -0.39 is 0 Å². The fourth-order valence-corrected chi connectivity index (χ4v) is 1.94. The van der Waals surface area contributed by atoms with Crippen LogP contribution in [0.3, 0.4) is 0 Å². The van der Waals surface area contributed by atoms with Gasteiger partial charge in [-0.2, -0.15) is 0 Å². The molecule has 0 N–H and O–H groups in total. The monoisotopic (exact) mass is 324 g/mol. The van der Waals surface area contributed by atoms with Crippen LogP contribution >= 0.6 is 22.6 Å². The van der Waals surface area contributed by atoms with E-state index in [1.165, 1.54) is 11.1 Å². The molecule has 0 radical (unpaired) electrons. The molecule has 16 heavy (non-hydrogen) atoms. The predicted molar refractivity (Wildman–Crippen MR) is 75.1 cm³/mol. The Morgan fingerprint density at radius 2 is 1.69 bits per heavy atom. The third-order valence-corrected chi connectivity index (χ3v) is 3.20. The molecule has 0 aliphatic heterocycles. The van der Waals surface area contributed by atoms with Crippen LogP contribution in [0.1, 0.15) is 11.1 Å². The standard InChI is InChI=1S/C14H13IO/c1-10-4-3-5-12(8-10)16-14-9-11(2)6-7-13(14)15/h3-9H,1-2H3. The Hall–Kier alpha value is -1.03. The fraction of sp³-hybridized carbons (Fsp3) is 0.143. The number of ether oxygens (including phenoxy) is 1. The SMILES string of the molecule is Cc1cccc(Oc2cc(C)ccc2I)c1. The minimum Gasteiger partial charge on any atom is -0.456 e. The van der Waals surface area contributed by atoms with Gasteiger partial charge in [0.1, 0.15) is 11.5 Å². The molecule has 0 saturated heterocycles. The summed E-state index contributed by atoms with van der Waals surface area (Å²) in [4.78, 5) is 0. The molecule has 2 rings (SSSR count). The summed E-state index contributed by atoms with van der Waals surface area (Å²) in [5.41, 5.74) is 2.42. The molecule has 0 bridgehead atoms. The lowest BCUT2D eigenvalue weighted by Crippen LogP contribution is -1.88. The molecule has 0 amide bonds. The number of rotatable bonds is 2. The normalized spacial score (nSPS) is 10.2. The van der Waals surface area contributed by atoms with E-state index in [0.29, 0.717) is 0 Å².